The molecule has 0 fully saturated rings. The van der Waals surface area contributed by atoms with Crippen LogP contribution < -0.4 is 5.32 Å². The molecule has 0 aliphatic carbocycles. The number of rotatable bonds is 6. The standard InChI is InChI=1S/C22H17FN4O2S/c1-13(28)14-4-8-17(9-5-14)27-19(29)11-30-22-21-20(25-12-26-22)18(10-24-21)15-2-6-16(23)7-3-15/h2-10,12,24H,11H2,1H3,(H,27,29). The molecule has 0 spiro atoms. The van der Waals surface area contributed by atoms with Gasteiger partial charge in [-0.2, -0.15) is 0 Å². The zero-order valence-corrected chi connectivity index (χ0v) is 16.8. The summed E-state index contributed by atoms with van der Waals surface area (Å²) in [6, 6.07) is 12.9. The molecule has 0 radical (unpaired) electrons. The van der Waals surface area contributed by atoms with Gasteiger partial charge in [-0.1, -0.05) is 23.9 Å². The first kappa shape index (κ1) is 19.8. The quantitative estimate of drug-likeness (QED) is 0.268. The summed E-state index contributed by atoms with van der Waals surface area (Å²) < 4.78 is 13.2. The maximum Gasteiger partial charge on any atom is 0.234 e. The second-order valence-electron chi connectivity index (χ2n) is 6.58. The van der Waals surface area contributed by atoms with Crippen molar-refractivity contribution >= 4 is 40.2 Å². The number of anilines is 1. The van der Waals surface area contributed by atoms with Crippen LogP contribution in [0.4, 0.5) is 10.1 Å². The molecule has 6 nitrogen and oxygen atoms in total. The first-order valence-electron chi connectivity index (χ1n) is 9.13. The normalized spacial score (nSPS) is 10.9. The Morgan fingerprint density at radius 1 is 1.07 bits per heavy atom. The summed E-state index contributed by atoms with van der Waals surface area (Å²) in [6.07, 6.45) is 3.25. The fourth-order valence-corrected chi connectivity index (χ4v) is 3.76. The van der Waals surface area contributed by atoms with Crippen molar-refractivity contribution < 1.29 is 14.0 Å². The Morgan fingerprint density at radius 3 is 2.50 bits per heavy atom. The van der Waals surface area contributed by atoms with Crippen LogP contribution in [0.2, 0.25) is 0 Å². The predicted octanol–water partition coefficient (Wildman–Crippen LogP) is 4.70. The summed E-state index contributed by atoms with van der Waals surface area (Å²) in [4.78, 5) is 35.4. The Kier molecular flexibility index (Phi) is 5.58. The largest absolute Gasteiger partial charge is 0.357 e. The molecular formula is C22H17FN4O2S. The molecule has 30 heavy (non-hydrogen) atoms. The van der Waals surface area contributed by atoms with E-state index < -0.39 is 0 Å². The van der Waals surface area contributed by atoms with Crippen molar-refractivity contribution in [3.63, 3.8) is 0 Å². The van der Waals surface area contributed by atoms with Crippen LogP contribution in [-0.2, 0) is 4.79 Å². The van der Waals surface area contributed by atoms with E-state index in [0.717, 1.165) is 16.6 Å². The second kappa shape index (κ2) is 8.46. The Labute approximate surface area is 175 Å². The zero-order chi connectivity index (χ0) is 21.1. The van der Waals surface area contributed by atoms with E-state index in [2.05, 4.69) is 20.3 Å². The first-order valence-corrected chi connectivity index (χ1v) is 10.1. The number of benzene rings is 2. The molecule has 2 aromatic heterocycles. The molecule has 150 valence electrons. The average Bonchev–Trinajstić information content (AvgIpc) is 3.18. The summed E-state index contributed by atoms with van der Waals surface area (Å²) in [5, 5.41) is 3.45. The lowest BCUT2D eigenvalue weighted by Crippen LogP contribution is -2.14. The second-order valence-corrected chi connectivity index (χ2v) is 7.55. The summed E-state index contributed by atoms with van der Waals surface area (Å²) in [5.74, 6) is -0.355. The maximum absolute atomic E-state index is 13.2. The molecule has 0 saturated carbocycles. The lowest BCUT2D eigenvalue weighted by molar-refractivity contribution is -0.113. The number of H-pyrrole nitrogens is 1. The number of halogens is 1. The van der Waals surface area contributed by atoms with Crippen LogP contribution >= 0.6 is 11.8 Å². The van der Waals surface area contributed by atoms with Gasteiger partial charge in [0, 0.05) is 23.0 Å². The molecule has 4 rings (SSSR count). The van der Waals surface area contributed by atoms with E-state index in [0.29, 0.717) is 21.8 Å². The van der Waals surface area contributed by atoms with Gasteiger partial charge in [-0.05, 0) is 48.9 Å². The molecular weight excluding hydrogens is 403 g/mol. The number of carbonyl (C=O) groups excluding carboxylic acids is 2. The predicted molar refractivity (Wildman–Crippen MR) is 115 cm³/mol. The smallest absolute Gasteiger partial charge is 0.234 e. The minimum absolute atomic E-state index is 0.0258. The van der Waals surface area contributed by atoms with E-state index in [1.807, 2.05) is 0 Å². The highest BCUT2D eigenvalue weighted by Gasteiger charge is 2.14. The number of thioether (sulfide) groups is 1. The number of nitrogens with one attached hydrogen (secondary N) is 2. The lowest BCUT2D eigenvalue weighted by atomic mass is 10.1. The van der Waals surface area contributed by atoms with Crippen LogP contribution in [0, 0.1) is 5.82 Å². The molecule has 2 heterocycles. The number of hydrogen-bond donors (Lipinski definition) is 2. The van der Waals surface area contributed by atoms with Gasteiger partial charge in [-0.25, -0.2) is 14.4 Å². The summed E-state index contributed by atoms with van der Waals surface area (Å²) in [6.45, 7) is 1.49. The maximum atomic E-state index is 13.2. The van der Waals surface area contributed by atoms with Gasteiger partial charge in [-0.15, -0.1) is 0 Å². The van der Waals surface area contributed by atoms with Gasteiger partial charge in [0.15, 0.2) is 5.78 Å². The van der Waals surface area contributed by atoms with Gasteiger partial charge >= 0.3 is 0 Å². The van der Waals surface area contributed by atoms with Gasteiger partial charge < -0.3 is 10.3 Å². The summed E-state index contributed by atoms with van der Waals surface area (Å²) in [5.41, 5.74) is 4.32. The molecule has 0 atom stereocenters. The van der Waals surface area contributed by atoms with Gasteiger partial charge in [0.1, 0.15) is 22.7 Å². The molecule has 0 bridgehead atoms. The van der Waals surface area contributed by atoms with E-state index in [1.165, 1.54) is 37.1 Å². The first-order chi connectivity index (χ1) is 14.5. The van der Waals surface area contributed by atoms with E-state index >= 15 is 0 Å². The summed E-state index contributed by atoms with van der Waals surface area (Å²) >= 11 is 1.29. The van der Waals surface area contributed by atoms with Crippen molar-refractivity contribution in [2.24, 2.45) is 0 Å². The molecule has 0 aliphatic rings. The summed E-state index contributed by atoms with van der Waals surface area (Å²) in [7, 11) is 0. The van der Waals surface area contributed by atoms with Gasteiger partial charge in [0.25, 0.3) is 0 Å². The van der Waals surface area contributed by atoms with E-state index in [4.69, 9.17) is 0 Å². The zero-order valence-electron chi connectivity index (χ0n) is 16.0. The lowest BCUT2D eigenvalue weighted by Gasteiger charge is -2.06. The molecule has 4 aromatic rings. The third-order valence-corrected chi connectivity index (χ3v) is 5.49. The topological polar surface area (TPSA) is 87.7 Å². The SMILES string of the molecule is CC(=O)c1ccc(NC(=O)CSc2ncnc3c(-c4ccc(F)cc4)c[nH]c23)cc1. The molecule has 2 N–H and O–H groups in total. The van der Waals surface area contributed by atoms with E-state index in [9.17, 15) is 14.0 Å². The number of hydrogen-bond acceptors (Lipinski definition) is 5. The van der Waals surface area contributed by atoms with Crippen molar-refractivity contribution in [1.82, 2.24) is 15.0 Å². The minimum Gasteiger partial charge on any atom is -0.357 e. The Hall–Kier alpha value is -3.52. The fraction of sp³-hybridized carbons (Fsp3) is 0.0909. The number of carbonyl (C=O) groups is 2. The van der Waals surface area contributed by atoms with E-state index in [1.54, 1.807) is 42.6 Å². The third kappa shape index (κ3) is 4.23. The third-order valence-electron chi connectivity index (χ3n) is 4.50. The Morgan fingerprint density at radius 2 is 1.80 bits per heavy atom. The fourth-order valence-electron chi connectivity index (χ4n) is 2.99. The minimum atomic E-state index is -0.300. The number of amides is 1. The number of Topliss-reactive ketones (excluding diaryl/α,β-unsaturated/α-hetero) is 1. The number of aromatic amines is 1. The van der Waals surface area contributed by atoms with Crippen LogP contribution in [0.1, 0.15) is 17.3 Å². The van der Waals surface area contributed by atoms with Crippen molar-refractivity contribution in [2.75, 3.05) is 11.1 Å². The molecule has 2 aromatic carbocycles. The molecule has 0 aliphatic heterocycles. The number of aromatic nitrogens is 3. The number of fused-ring (bicyclic) bond motifs is 1. The monoisotopic (exact) mass is 420 g/mol. The van der Waals surface area contributed by atoms with Crippen molar-refractivity contribution in [1.29, 1.82) is 0 Å². The molecule has 8 heteroatoms. The molecule has 0 unspecified atom stereocenters. The van der Waals surface area contributed by atoms with Crippen LogP contribution in [-0.4, -0.2) is 32.4 Å². The van der Waals surface area contributed by atoms with Crippen LogP contribution in [0.3, 0.4) is 0 Å². The Bertz CT molecular complexity index is 1220. The van der Waals surface area contributed by atoms with Gasteiger partial charge in [0.2, 0.25) is 5.91 Å². The van der Waals surface area contributed by atoms with Gasteiger partial charge in [0.05, 0.1) is 11.3 Å². The molecule has 1 amide bonds. The number of nitrogens with zero attached hydrogens (tertiary/aromatic N) is 2. The van der Waals surface area contributed by atoms with Crippen LogP contribution in [0.25, 0.3) is 22.2 Å². The molecule has 0 saturated heterocycles. The van der Waals surface area contributed by atoms with Crippen LogP contribution in [0.15, 0.2) is 66.1 Å². The highest BCUT2D eigenvalue weighted by Crippen LogP contribution is 2.31. The number of ketones is 1. The average molecular weight is 420 g/mol. The van der Waals surface area contributed by atoms with Crippen LogP contribution in [0.5, 0.6) is 0 Å². The van der Waals surface area contributed by atoms with E-state index in [-0.39, 0.29) is 23.3 Å². The van der Waals surface area contributed by atoms with Crippen molar-refractivity contribution in [2.45, 2.75) is 11.9 Å². The van der Waals surface area contributed by atoms with Crippen molar-refractivity contribution in [3.8, 4) is 11.1 Å². The highest BCUT2D eigenvalue weighted by atomic mass is 32.2. The Balaban J connectivity index is 1.47. The van der Waals surface area contributed by atoms with Crippen molar-refractivity contribution in [3.05, 3.63) is 72.4 Å². The van der Waals surface area contributed by atoms with Gasteiger partial charge in [-0.3, -0.25) is 9.59 Å². The highest BCUT2D eigenvalue weighted by molar-refractivity contribution is 8.00.